The summed E-state index contributed by atoms with van der Waals surface area (Å²) in [5, 5.41) is 13.6. The van der Waals surface area contributed by atoms with E-state index in [4.69, 9.17) is 9.68 Å². The summed E-state index contributed by atoms with van der Waals surface area (Å²) in [5.74, 6) is -0.438. The zero-order chi connectivity index (χ0) is 24.5. The lowest BCUT2D eigenvalue weighted by Crippen LogP contribution is -2.38. The number of nitriles is 1. The number of fused-ring (bicyclic) bond motifs is 1. The second kappa shape index (κ2) is 9.02. The fraction of sp³-hybridized carbons (Fsp3) is 0.250. The number of hydrogen-bond acceptors (Lipinski definition) is 5. The summed E-state index contributed by atoms with van der Waals surface area (Å²) in [4.78, 5) is 18.8. The predicted molar refractivity (Wildman–Crippen MR) is 118 cm³/mol. The van der Waals surface area contributed by atoms with Gasteiger partial charge < -0.3 is 9.32 Å². The van der Waals surface area contributed by atoms with Gasteiger partial charge in [0.2, 0.25) is 0 Å². The summed E-state index contributed by atoms with van der Waals surface area (Å²) in [6.07, 6.45) is -1.72. The summed E-state index contributed by atoms with van der Waals surface area (Å²) in [6.45, 7) is 2.04. The number of furan rings is 1. The van der Waals surface area contributed by atoms with Gasteiger partial charge >= 0.3 is 6.18 Å². The highest BCUT2D eigenvalue weighted by Gasteiger charge is 2.34. The standard InChI is InChI=1S/C24H20F3N5O2/c1-15(2)32-22-19(12-29-32)18(10-20(30-22)21-4-3-9-34-21)23(33)31(14-24(25,26)27)13-17-7-5-16(11-28)6-8-17/h3-10,12,15H,13-14H2,1-2H3. The number of carbonyl (C=O) groups excluding carboxylic acids is 1. The van der Waals surface area contributed by atoms with Gasteiger partial charge in [-0.1, -0.05) is 12.1 Å². The van der Waals surface area contributed by atoms with Gasteiger partial charge in [0.15, 0.2) is 11.4 Å². The van der Waals surface area contributed by atoms with Crippen molar-refractivity contribution in [2.75, 3.05) is 6.54 Å². The number of carbonyl (C=O) groups is 1. The highest BCUT2D eigenvalue weighted by Crippen LogP contribution is 2.29. The van der Waals surface area contributed by atoms with Crippen LogP contribution in [0.4, 0.5) is 13.2 Å². The normalized spacial score (nSPS) is 11.7. The van der Waals surface area contributed by atoms with Crippen molar-refractivity contribution >= 4 is 16.9 Å². The first-order valence-corrected chi connectivity index (χ1v) is 10.4. The zero-order valence-electron chi connectivity index (χ0n) is 18.4. The molecule has 174 valence electrons. The van der Waals surface area contributed by atoms with Crippen LogP contribution in [-0.2, 0) is 6.54 Å². The van der Waals surface area contributed by atoms with Gasteiger partial charge in [0.1, 0.15) is 12.2 Å². The van der Waals surface area contributed by atoms with E-state index in [0.717, 1.165) is 4.90 Å². The lowest BCUT2D eigenvalue weighted by atomic mass is 10.1. The van der Waals surface area contributed by atoms with E-state index in [1.807, 2.05) is 19.9 Å². The van der Waals surface area contributed by atoms with Crippen molar-refractivity contribution in [1.29, 1.82) is 5.26 Å². The molecule has 0 saturated heterocycles. The number of nitrogens with zero attached hydrogens (tertiary/aromatic N) is 5. The molecule has 10 heteroatoms. The SMILES string of the molecule is CC(C)n1ncc2c(C(=O)N(Cc3ccc(C#N)cc3)CC(F)(F)F)cc(-c3ccco3)nc21. The third kappa shape index (κ3) is 4.78. The van der Waals surface area contributed by atoms with Crippen LogP contribution in [0.2, 0.25) is 0 Å². The molecule has 1 aromatic carbocycles. The number of halogens is 3. The first-order valence-electron chi connectivity index (χ1n) is 10.4. The molecule has 3 heterocycles. The lowest BCUT2D eigenvalue weighted by Gasteiger charge is -2.24. The fourth-order valence-electron chi connectivity index (χ4n) is 3.61. The van der Waals surface area contributed by atoms with Crippen molar-refractivity contribution in [3.63, 3.8) is 0 Å². The summed E-state index contributed by atoms with van der Waals surface area (Å²) < 4.78 is 47.4. The first-order chi connectivity index (χ1) is 16.2. The Morgan fingerprint density at radius 2 is 1.97 bits per heavy atom. The van der Waals surface area contributed by atoms with Crippen LogP contribution in [0.5, 0.6) is 0 Å². The molecule has 4 aromatic rings. The molecule has 0 atom stereocenters. The molecule has 0 saturated carbocycles. The van der Waals surface area contributed by atoms with Gasteiger partial charge in [-0.2, -0.15) is 23.5 Å². The van der Waals surface area contributed by atoms with Crippen LogP contribution >= 0.6 is 0 Å². The molecule has 0 N–H and O–H groups in total. The van der Waals surface area contributed by atoms with Crippen molar-refractivity contribution in [3.05, 3.63) is 71.6 Å². The molecular weight excluding hydrogens is 447 g/mol. The van der Waals surface area contributed by atoms with E-state index >= 15 is 0 Å². The van der Waals surface area contributed by atoms with Crippen LogP contribution in [0.1, 0.15) is 41.4 Å². The Morgan fingerprint density at radius 1 is 1.24 bits per heavy atom. The molecule has 0 bridgehead atoms. The minimum Gasteiger partial charge on any atom is -0.463 e. The molecule has 1 amide bonds. The molecule has 34 heavy (non-hydrogen) atoms. The molecule has 0 unspecified atom stereocenters. The van der Waals surface area contributed by atoms with Crippen molar-refractivity contribution in [3.8, 4) is 17.5 Å². The van der Waals surface area contributed by atoms with Gasteiger partial charge in [-0.15, -0.1) is 0 Å². The molecule has 3 aromatic heterocycles. The Bertz CT molecular complexity index is 1350. The van der Waals surface area contributed by atoms with Crippen molar-refractivity contribution in [2.24, 2.45) is 0 Å². The predicted octanol–water partition coefficient (Wildman–Crippen LogP) is 5.35. The molecule has 0 aliphatic heterocycles. The number of benzene rings is 1. The van der Waals surface area contributed by atoms with E-state index < -0.39 is 18.6 Å². The van der Waals surface area contributed by atoms with E-state index in [-0.39, 0.29) is 18.2 Å². The zero-order valence-corrected chi connectivity index (χ0v) is 18.4. The van der Waals surface area contributed by atoms with Crippen LogP contribution in [0, 0.1) is 11.3 Å². The Labute approximate surface area is 193 Å². The maximum Gasteiger partial charge on any atom is 0.406 e. The van der Waals surface area contributed by atoms with Gasteiger partial charge in [0.25, 0.3) is 5.91 Å². The molecule has 7 nitrogen and oxygen atoms in total. The van der Waals surface area contributed by atoms with E-state index in [1.54, 1.807) is 16.8 Å². The van der Waals surface area contributed by atoms with Crippen LogP contribution in [0.15, 0.2) is 59.3 Å². The quantitative estimate of drug-likeness (QED) is 0.382. The second-order valence-corrected chi connectivity index (χ2v) is 8.04. The number of hydrogen-bond donors (Lipinski definition) is 0. The third-order valence-corrected chi connectivity index (χ3v) is 5.17. The minimum absolute atomic E-state index is 0.0428. The van der Waals surface area contributed by atoms with Gasteiger partial charge in [-0.3, -0.25) is 4.79 Å². The molecular formula is C24H20F3N5O2. The van der Waals surface area contributed by atoms with Crippen molar-refractivity contribution < 1.29 is 22.4 Å². The van der Waals surface area contributed by atoms with Gasteiger partial charge in [0, 0.05) is 12.6 Å². The number of alkyl halides is 3. The average Bonchev–Trinajstić information content (AvgIpc) is 3.47. The van der Waals surface area contributed by atoms with Gasteiger partial charge in [-0.25, -0.2) is 9.67 Å². The molecule has 0 fully saturated rings. The number of amides is 1. The van der Waals surface area contributed by atoms with Crippen LogP contribution in [0.25, 0.3) is 22.5 Å². The molecule has 4 rings (SSSR count). The largest absolute Gasteiger partial charge is 0.463 e. The van der Waals surface area contributed by atoms with Crippen molar-refractivity contribution in [2.45, 2.75) is 32.6 Å². The second-order valence-electron chi connectivity index (χ2n) is 8.04. The number of aromatic nitrogens is 3. The van der Waals surface area contributed by atoms with E-state index in [9.17, 15) is 18.0 Å². The maximum atomic E-state index is 13.5. The summed E-state index contributed by atoms with van der Waals surface area (Å²) >= 11 is 0. The Morgan fingerprint density at radius 3 is 2.56 bits per heavy atom. The minimum atomic E-state index is -4.61. The highest BCUT2D eigenvalue weighted by atomic mass is 19.4. The number of pyridine rings is 1. The van der Waals surface area contributed by atoms with E-state index in [2.05, 4.69) is 10.1 Å². The smallest absolute Gasteiger partial charge is 0.406 e. The summed E-state index contributed by atoms with van der Waals surface area (Å²) in [5.41, 5.74) is 1.57. The summed E-state index contributed by atoms with van der Waals surface area (Å²) in [7, 11) is 0. The Hall–Kier alpha value is -4.13. The van der Waals surface area contributed by atoms with E-state index in [0.29, 0.717) is 33.6 Å². The van der Waals surface area contributed by atoms with Gasteiger partial charge in [-0.05, 0) is 49.7 Å². The Balaban J connectivity index is 1.81. The number of rotatable bonds is 6. The lowest BCUT2D eigenvalue weighted by molar-refractivity contribution is -0.141. The molecule has 0 radical (unpaired) electrons. The summed E-state index contributed by atoms with van der Waals surface area (Å²) in [6, 6.07) is 12.7. The average molecular weight is 467 g/mol. The first kappa shape index (κ1) is 23.0. The third-order valence-electron chi connectivity index (χ3n) is 5.17. The highest BCUT2D eigenvalue weighted by molar-refractivity contribution is 6.06. The van der Waals surface area contributed by atoms with Crippen LogP contribution in [0.3, 0.4) is 0 Å². The fourth-order valence-corrected chi connectivity index (χ4v) is 3.61. The maximum absolute atomic E-state index is 13.5. The monoisotopic (exact) mass is 467 g/mol. The van der Waals surface area contributed by atoms with E-state index in [1.165, 1.54) is 42.8 Å². The topological polar surface area (TPSA) is 88.0 Å². The van der Waals surface area contributed by atoms with Crippen molar-refractivity contribution in [1.82, 2.24) is 19.7 Å². The molecule has 0 aliphatic rings. The van der Waals surface area contributed by atoms with Crippen LogP contribution in [-0.4, -0.2) is 38.3 Å². The molecule has 0 aliphatic carbocycles. The van der Waals surface area contributed by atoms with Gasteiger partial charge in [0.05, 0.1) is 35.0 Å². The molecule has 0 spiro atoms. The Kier molecular flexibility index (Phi) is 6.11. The van der Waals surface area contributed by atoms with Crippen LogP contribution < -0.4 is 0 Å².